The molecule has 0 heterocycles. The zero-order valence-corrected chi connectivity index (χ0v) is 10.0. The molecule has 0 rings (SSSR count). The zero-order valence-electron chi connectivity index (χ0n) is 7.96. The molecule has 0 amide bonds. The van der Waals surface area contributed by atoms with Gasteiger partial charge in [-0.1, -0.05) is 0 Å². The van der Waals surface area contributed by atoms with E-state index in [2.05, 4.69) is 13.3 Å². The Bertz CT molecular complexity index is 86.5. The Balaban J connectivity index is 3.21. The highest BCUT2D eigenvalue weighted by Gasteiger charge is 2.08. The summed E-state index contributed by atoms with van der Waals surface area (Å²) in [5, 5.41) is 0. The van der Waals surface area contributed by atoms with Gasteiger partial charge in [-0.05, 0) is 32.0 Å². The molecule has 0 fully saturated rings. The van der Waals surface area contributed by atoms with Gasteiger partial charge in [-0.2, -0.15) is 0 Å². The van der Waals surface area contributed by atoms with Gasteiger partial charge in [0, 0.05) is 14.2 Å². The lowest BCUT2D eigenvalue weighted by atomic mass is 10.6. The summed E-state index contributed by atoms with van der Waals surface area (Å²) in [7, 11) is 2.53. The van der Waals surface area contributed by atoms with E-state index in [9.17, 15) is 0 Å². The quantitative estimate of drug-likeness (QED) is 0.472. The van der Waals surface area contributed by atoms with Crippen LogP contribution in [0.15, 0.2) is 0 Å². The molecule has 0 aliphatic rings. The molecule has 0 saturated carbocycles. The summed E-state index contributed by atoms with van der Waals surface area (Å²) in [6.07, 6.45) is 2.63. The van der Waals surface area contributed by atoms with Crippen molar-refractivity contribution in [3.63, 3.8) is 0 Å². The molecule has 0 aliphatic carbocycles. The number of rotatable bonds is 6. The van der Waals surface area contributed by atoms with Crippen LogP contribution in [0.5, 0.6) is 0 Å². The van der Waals surface area contributed by atoms with Gasteiger partial charge in [0.1, 0.15) is 0 Å². The van der Waals surface area contributed by atoms with Gasteiger partial charge in [-0.25, -0.2) is 0 Å². The standard InChI is InChI=1S/C7H19O2PSi/c1-8-11(9-2)7-5-6-10(3)4/h11H,5-7H2,1-4H3. The van der Waals surface area contributed by atoms with E-state index in [1.54, 1.807) is 14.2 Å². The predicted molar refractivity (Wildman–Crippen MR) is 54.2 cm³/mol. The molecule has 0 aliphatic heterocycles. The molecule has 0 atom stereocenters. The van der Waals surface area contributed by atoms with Crippen molar-refractivity contribution >= 4 is 17.2 Å². The molecule has 0 saturated heterocycles. The van der Waals surface area contributed by atoms with Gasteiger partial charge in [0.25, 0.3) is 0 Å². The van der Waals surface area contributed by atoms with Crippen LogP contribution in [0, 0.1) is 0 Å². The van der Waals surface area contributed by atoms with E-state index in [-0.39, 0.29) is 7.92 Å². The summed E-state index contributed by atoms with van der Waals surface area (Å²) in [6.45, 7) is 4.62. The molecule has 0 N–H and O–H groups in total. The summed E-state index contributed by atoms with van der Waals surface area (Å²) in [6, 6.07) is 1.16. The maximum atomic E-state index is 5.21. The molecule has 0 radical (unpaired) electrons. The van der Waals surface area contributed by atoms with Crippen molar-refractivity contribution in [2.75, 3.05) is 33.7 Å². The van der Waals surface area contributed by atoms with Crippen LogP contribution in [-0.4, -0.2) is 43.0 Å². The molecule has 11 heavy (non-hydrogen) atoms. The molecule has 68 valence electrons. The summed E-state index contributed by atoms with van der Waals surface area (Å²) >= 11 is 0. The largest absolute Gasteiger partial charge is 0.400 e. The second-order valence-corrected chi connectivity index (χ2v) is 7.83. The van der Waals surface area contributed by atoms with Gasteiger partial charge in [0.05, 0.1) is 0 Å². The fraction of sp³-hybridized carbons (Fsp3) is 1.00. The number of hydrogen-bond donors (Lipinski definition) is 0. The lowest BCUT2D eigenvalue weighted by Gasteiger charge is -2.11. The molecule has 0 unspecified atom stereocenters. The molecule has 0 spiro atoms. The van der Waals surface area contributed by atoms with Crippen LogP contribution in [0.25, 0.3) is 0 Å². The van der Waals surface area contributed by atoms with Crippen LogP contribution in [0.2, 0.25) is 6.04 Å². The van der Waals surface area contributed by atoms with Gasteiger partial charge in [0.2, 0.25) is 0 Å². The van der Waals surface area contributed by atoms with Crippen LogP contribution in [0.1, 0.15) is 6.42 Å². The Morgan fingerprint density at radius 1 is 1.18 bits per heavy atom. The highest BCUT2D eigenvalue weighted by atomic mass is 31.1. The molecule has 0 aromatic carbocycles. The van der Waals surface area contributed by atoms with Crippen molar-refractivity contribution in [1.29, 1.82) is 0 Å². The molecule has 0 aromatic heterocycles. The molecule has 0 aromatic rings. The van der Waals surface area contributed by atoms with Gasteiger partial charge in [-0.3, -0.25) is 0 Å². The van der Waals surface area contributed by atoms with Crippen molar-refractivity contribution in [1.82, 2.24) is 0 Å². The maximum absolute atomic E-state index is 5.21. The summed E-state index contributed by atoms with van der Waals surface area (Å²) < 4.78 is 10.4. The van der Waals surface area contributed by atoms with Gasteiger partial charge < -0.3 is 8.85 Å². The summed E-state index contributed by atoms with van der Waals surface area (Å²) in [5.74, 6) is 0. The van der Waals surface area contributed by atoms with Crippen molar-refractivity contribution in [2.24, 2.45) is 0 Å². The molecule has 4 heteroatoms. The highest BCUT2D eigenvalue weighted by Crippen LogP contribution is 2.25. The zero-order chi connectivity index (χ0) is 8.69. The molecular formula is C7H19O2PSi. The lowest BCUT2D eigenvalue weighted by molar-refractivity contribution is 0.277. The minimum Gasteiger partial charge on any atom is -0.400 e. The van der Waals surface area contributed by atoms with Crippen LogP contribution in [0.4, 0.5) is 0 Å². The molecule has 2 nitrogen and oxygen atoms in total. The fourth-order valence-electron chi connectivity index (χ4n) is 0.906. The van der Waals surface area contributed by atoms with E-state index in [1.165, 1.54) is 12.6 Å². The molecule has 0 bridgehead atoms. The lowest BCUT2D eigenvalue weighted by Crippen LogP contribution is -2.18. The third kappa shape index (κ3) is 6.95. The summed E-state index contributed by atoms with van der Waals surface area (Å²) in [4.78, 5) is 0. The van der Waals surface area contributed by atoms with Crippen LogP contribution < -0.4 is 0 Å². The average Bonchev–Trinajstić information content (AvgIpc) is 1.98. The second kappa shape index (κ2) is 7.23. The van der Waals surface area contributed by atoms with E-state index < -0.39 is 9.28 Å². The first-order chi connectivity index (χ1) is 5.20. The highest BCUT2D eigenvalue weighted by molar-refractivity contribution is 7.55. The minimum atomic E-state index is -1.24. The Morgan fingerprint density at radius 2 is 1.73 bits per heavy atom. The molecular weight excluding hydrogens is 175 g/mol. The first-order valence-corrected chi connectivity index (χ1v) is 8.09. The van der Waals surface area contributed by atoms with Gasteiger partial charge in [-0.15, -0.1) is 7.92 Å². The maximum Gasteiger partial charge on any atom is 0.320 e. The SMILES string of the molecule is CO[SiH](CCCP(C)C)OC. The third-order valence-electron chi connectivity index (χ3n) is 1.57. The Labute approximate surface area is 72.9 Å². The number of hydrogen-bond acceptors (Lipinski definition) is 2. The Morgan fingerprint density at radius 3 is 2.09 bits per heavy atom. The predicted octanol–water partition coefficient (Wildman–Crippen LogP) is 1.63. The van der Waals surface area contributed by atoms with Gasteiger partial charge in [0.15, 0.2) is 0 Å². The minimum absolute atomic E-state index is 0.270. The second-order valence-electron chi connectivity index (χ2n) is 2.85. The fourth-order valence-corrected chi connectivity index (χ4v) is 3.27. The van der Waals surface area contributed by atoms with E-state index in [0.29, 0.717) is 0 Å². The van der Waals surface area contributed by atoms with E-state index in [0.717, 1.165) is 6.04 Å². The van der Waals surface area contributed by atoms with E-state index in [1.807, 2.05) is 0 Å². The van der Waals surface area contributed by atoms with Crippen molar-refractivity contribution < 1.29 is 8.85 Å². The van der Waals surface area contributed by atoms with E-state index in [4.69, 9.17) is 8.85 Å². The van der Waals surface area contributed by atoms with Crippen molar-refractivity contribution in [2.45, 2.75) is 12.5 Å². The average molecular weight is 194 g/mol. The van der Waals surface area contributed by atoms with Crippen molar-refractivity contribution in [3.05, 3.63) is 0 Å². The topological polar surface area (TPSA) is 18.5 Å². The first-order valence-electron chi connectivity index (χ1n) is 3.91. The Kier molecular flexibility index (Phi) is 7.60. The monoisotopic (exact) mass is 194 g/mol. The Hall–Kier alpha value is 0.567. The first kappa shape index (κ1) is 11.6. The van der Waals surface area contributed by atoms with Gasteiger partial charge >= 0.3 is 9.28 Å². The summed E-state index contributed by atoms with van der Waals surface area (Å²) in [5.41, 5.74) is 0. The van der Waals surface area contributed by atoms with Crippen LogP contribution in [0.3, 0.4) is 0 Å². The van der Waals surface area contributed by atoms with E-state index >= 15 is 0 Å². The van der Waals surface area contributed by atoms with Crippen LogP contribution in [-0.2, 0) is 8.85 Å². The normalized spacial score (nSPS) is 11.5. The smallest absolute Gasteiger partial charge is 0.320 e. The van der Waals surface area contributed by atoms with Crippen molar-refractivity contribution in [3.8, 4) is 0 Å². The third-order valence-corrected chi connectivity index (χ3v) is 4.71. The van der Waals surface area contributed by atoms with Crippen LogP contribution >= 0.6 is 7.92 Å².